The summed E-state index contributed by atoms with van der Waals surface area (Å²) in [7, 11) is -3.79. The first-order chi connectivity index (χ1) is 12.1. The van der Waals surface area contributed by atoms with Crippen LogP contribution in [0.2, 0.25) is 0 Å². The van der Waals surface area contributed by atoms with Crippen LogP contribution < -0.4 is 5.32 Å². The van der Waals surface area contributed by atoms with Gasteiger partial charge in [-0.25, -0.2) is 12.8 Å². The van der Waals surface area contributed by atoms with Gasteiger partial charge in [0.25, 0.3) is 0 Å². The molecule has 1 fully saturated rings. The molecule has 1 saturated carbocycles. The Balaban J connectivity index is 1.76. The maximum Gasteiger partial charge on any atom is 0.208 e. The van der Waals surface area contributed by atoms with Crippen molar-refractivity contribution in [2.24, 2.45) is 0 Å². The lowest BCUT2D eigenvalue weighted by molar-refractivity contribution is 0.591. The van der Waals surface area contributed by atoms with E-state index in [-0.39, 0.29) is 9.79 Å². The van der Waals surface area contributed by atoms with E-state index in [1.807, 2.05) is 18.2 Å². The van der Waals surface area contributed by atoms with Gasteiger partial charge in [-0.05, 0) is 55.6 Å². The summed E-state index contributed by atoms with van der Waals surface area (Å²) in [6, 6.07) is 11.5. The van der Waals surface area contributed by atoms with Gasteiger partial charge in [0.1, 0.15) is 5.82 Å². The first kappa shape index (κ1) is 16.3. The molecule has 1 aromatic heterocycles. The van der Waals surface area contributed by atoms with E-state index >= 15 is 0 Å². The number of H-pyrrole nitrogens is 1. The topological polar surface area (TPSA) is 62.0 Å². The van der Waals surface area contributed by atoms with E-state index in [4.69, 9.17) is 0 Å². The average molecular weight is 358 g/mol. The van der Waals surface area contributed by atoms with Gasteiger partial charge in [0.15, 0.2) is 0 Å². The van der Waals surface area contributed by atoms with Crippen molar-refractivity contribution in [3.8, 4) is 0 Å². The summed E-state index contributed by atoms with van der Waals surface area (Å²) in [5, 5.41) is 4.15. The Morgan fingerprint density at radius 1 is 1.16 bits per heavy atom. The molecule has 0 unspecified atom stereocenters. The minimum absolute atomic E-state index is 0.0284. The van der Waals surface area contributed by atoms with E-state index in [9.17, 15) is 12.8 Å². The molecule has 2 N–H and O–H groups in total. The zero-order valence-electron chi connectivity index (χ0n) is 13.6. The molecule has 2 aromatic carbocycles. The molecule has 0 radical (unpaired) electrons. The lowest BCUT2D eigenvalue weighted by Crippen LogP contribution is -2.19. The SMILES string of the molecule is O=S(=O)(c1cccc(F)c1)c1c[nH]c2cccc(CCNC3CC3)c12. The van der Waals surface area contributed by atoms with Crippen molar-refractivity contribution in [3.05, 3.63) is 60.0 Å². The number of benzene rings is 2. The molecule has 0 amide bonds. The van der Waals surface area contributed by atoms with Crippen molar-refractivity contribution in [3.63, 3.8) is 0 Å². The van der Waals surface area contributed by atoms with Crippen LogP contribution in [0.15, 0.2) is 58.5 Å². The standard InChI is InChI=1S/C19H19FN2O2S/c20-14-4-2-5-16(11-14)25(23,24)18-12-22-17-6-1-3-13(19(17)18)9-10-21-15-7-8-15/h1-6,11-12,15,21-22H,7-10H2. The van der Waals surface area contributed by atoms with Crippen molar-refractivity contribution in [2.45, 2.75) is 35.1 Å². The number of hydrogen-bond acceptors (Lipinski definition) is 3. The molecule has 3 aromatic rings. The molecule has 6 heteroatoms. The summed E-state index contributed by atoms with van der Waals surface area (Å²) < 4.78 is 39.5. The van der Waals surface area contributed by atoms with E-state index in [1.165, 1.54) is 37.2 Å². The Labute approximate surface area is 146 Å². The number of fused-ring (bicyclic) bond motifs is 1. The molecule has 0 aliphatic heterocycles. The molecule has 4 nitrogen and oxygen atoms in total. The molecular weight excluding hydrogens is 339 g/mol. The van der Waals surface area contributed by atoms with E-state index in [2.05, 4.69) is 10.3 Å². The van der Waals surface area contributed by atoms with Crippen LogP contribution in [0.4, 0.5) is 4.39 Å². The van der Waals surface area contributed by atoms with Gasteiger partial charge in [-0.2, -0.15) is 0 Å². The molecule has 1 heterocycles. The predicted octanol–water partition coefficient (Wildman–Crippen LogP) is 3.43. The smallest absolute Gasteiger partial charge is 0.208 e. The minimum atomic E-state index is -3.79. The first-order valence-electron chi connectivity index (χ1n) is 8.39. The molecule has 25 heavy (non-hydrogen) atoms. The van der Waals surface area contributed by atoms with Gasteiger partial charge >= 0.3 is 0 Å². The molecule has 1 aliphatic rings. The van der Waals surface area contributed by atoms with Gasteiger partial charge in [0, 0.05) is 23.1 Å². The third-order valence-electron chi connectivity index (χ3n) is 4.56. The minimum Gasteiger partial charge on any atom is -0.360 e. The highest BCUT2D eigenvalue weighted by atomic mass is 32.2. The van der Waals surface area contributed by atoms with E-state index in [1.54, 1.807) is 0 Å². The van der Waals surface area contributed by atoms with Crippen LogP contribution in [0, 0.1) is 5.82 Å². The Bertz CT molecular complexity index is 1020. The molecule has 0 atom stereocenters. The lowest BCUT2D eigenvalue weighted by Gasteiger charge is -2.08. The number of nitrogens with one attached hydrogen (secondary N) is 2. The van der Waals surface area contributed by atoms with Crippen LogP contribution in [0.25, 0.3) is 10.9 Å². The second-order valence-corrected chi connectivity index (χ2v) is 8.35. The van der Waals surface area contributed by atoms with Crippen molar-refractivity contribution in [2.75, 3.05) is 6.54 Å². The molecule has 4 rings (SSSR count). The molecule has 1 aliphatic carbocycles. The second-order valence-electron chi connectivity index (χ2n) is 6.43. The van der Waals surface area contributed by atoms with Crippen LogP contribution in [-0.2, 0) is 16.3 Å². The molecule has 130 valence electrons. The lowest BCUT2D eigenvalue weighted by atomic mass is 10.1. The van der Waals surface area contributed by atoms with Gasteiger partial charge in [0.2, 0.25) is 9.84 Å². The van der Waals surface area contributed by atoms with Gasteiger partial charge in [-0.3, -0.25) is 0 Å². The Morgan fingerprint density at radius 3 is 2.72 bits per heavy atom. The first-order valence-corrected chi connectivity index (χ1v) is 9.87. The third kappa shape index (κ3) is 3.19. The number of sulfone groups is 1. The van der Waals surface area contributed by atoms with E-state index in [0.717, 1.165) is 30.1 Å². The third-order valence-corrected chi connectivity index (χ3v) is 6.33. The molecular formula is C19H19FN2O2S. The summed E-state index contributed by atoms with van der Waals surface area (Å²) >= 11 is 0. The summed E-state index contributed by atoms with van der Waals surface area (Å²) in [4.78, 5) is 3.21. The fourth-order valence-electron chi connectivity index (χ4n) is 3.11. The average Bonchev–Trinajstić information content (AvgIpc) is 3.30. The van der Waals surface area contributed by atoms with Crippen LogP contribution in [0.5, 0.6) is 0 Å². The maximum atomic E-state index is 13.5. The number of rotatable bonds is 6. The van der Waals surface area contributed by atoms with Gasteiger partial charge in [0.05, 0.1) is 9.79 Å². The number of hydrogen-bond donors (Lipinski definition) is 2. The highest BCUT2D eigenvalue weighted by Crippen LogP contribution is 2.31. The Kier molecular flexibility index (Phi) is 4.09. The molecule has 0 bridgehead atoms. The summed E-state index contributed by atoms with van der Waals surface area (Å²) in [5.74, 6) is -0.560. The monoisotopic (exact) mass is 358 g/mol. The highest BCUT2D eigenvalue weighted by molar-refractivity contribution is 7.91. The molecule has 0 spiro atoms. The summed E-state index contributed by atoms with van der Waals surface area (Å²) in [6.45, 7) is 0.814. The van der Waals surface area contributed by atoms with Gasteiger partial charge in [-0.15, -0.1) is 0 Å². The van der Waals surface area contributed by atoms with Gasteiger partial charge < -0.3 is 10.3 Å². The van der Waals surface area contributed by atoms with Crippen molar-refractivity contribution in [1.29, 1.82) is 0 Å². The van der Waals surface area contributed by atoms with Gasteiger partial charge in [-0.1, -0.05) is 18.2 Å². The Hall–Kier alpha value is -2.18. The normalized spacial score (nSPS) is 14.9. The fraction of sp³-hybridized carbons (Fsp3) is 0.263. The van der Waals surface area contributed by atoms with Crippen LogP contribution in [0.1, 0.15) is 18.4 Å². The van der Waals surface area contributed by atoms with Crippen LogP contribution in [0.3, 0.4) is 0 Å². The maximum absolute atomic E-state index is 13.5. The van der Waals surface area contributed by atoms with Crippen molar-refractivity contribution >= 4 is 20.7 Å². The number of aromatic amines is 1. The quantitative estimate of drug-likeness (QED) is 0.710. The van der Waals surface area contributed by atoms with Crippen molar-refractivity contribution < 1.29 is 12.8 Å². The largest absolute Gasteiger partial charge is 0.360 e. The predicted molar refractivity (Wildman–Crippen MR) is 94.9 cm³/mol. The van der Waals surface area contributed by atoms with Crippen LogP contribution in [-0.4, -0.2) is 26.0 Å². The highest BCUT2D eigenvalue weighted by Gasteiger charge is 2.24. The van der Waals surface area contributed by atoms with E-state index in [0.29, 0.717) is 11.4 Å². The van der Waals surface area contributed by atoms with E-state index < -0.39 is 15.7 Å². The summed E-state index contributed by atoms with van der Waals surface area (Å²) in [5.41, 5.74) is 1.75. The Morgan fingerprint density at radius 2 is 1.96 bits per heavy atom. The van der Waals surface area contributed by atoms with Crippen molar-refractivity contribution in [1.82, 2.24) is 10.3 Å². The second kappa shape index (κ2) is 6.28. The summed E-state index contributed by atoms with van der Waals surface area (Å²) in [6.07, 6.45) is 4.68. The zero-order valence-corrected chi connectivity index (χ0v) is 14.4. The number of halogens is 1. The fourth-order valence-corrected chi connectivity index (χ4v) is 4.61. The molecule has 0 saturated heterocycles. The van der Waals surface area contributed by atoms with Crippen LogP contribution >= 0.6 is 0 Å². The number of aromatic nitrogens is 1. The zero-order chi connectivity index (χ0) is 17.4.